The quantitative estimate of drug-likeness (QED) is 0.178. The molecular weight excluding hydrogens is 551 g/mol. The zero-order valence-corrected chi connectivity index (χ0v) is 25.5. The molecule has 2 aromatic heterocycles. The van der Waals surface area contributed by atoms with Crippen LogP contribution in [0.15, 0.2) is 102 Å². The maximum atomic E-state index is 14.4. The van der Waals surface area contributed by atoms with Crippen LogP contribution in [0, 0.1) is 12.7 Å². The van der Waals surface area contributed by atoms with E-state index in [1.54, 1.807) is 24.4 Å². The molecule has 0 aliphatic heterocycles. The Balaban J connectivity index is 1.38. The van der Waals surface area contributed by atoms with Gasteiger partial charge in [-0.15, -0.1) is 0 Å². The number of aryl methyl sites for hydroxylation is 1. The fourth-order valence-corrected chi connectivity index (χ4v) is 6.88. The second-order valence-corrected chi connectivity index (χ2v) is 12.0. The van der Waals surface area contributed by atoms with E-state index >= 15 is 0 Å². The van der Waals surface area contributed by atoms with E-state index in [1.807, 2.05) is 72.6 Å². The maximum absolute atomic E-state index is 14.4. The van der Waals surface area contributed by atoms with Crippen LogP contribution in [0.3, 0.4) is 0 Å². The molecule has 6 nitrogen and oxygen atoms in total. The van der Waals surface area contributed by atoms with Crippen LogP contribution in [-0.4, -0.2) is 45.8 Å². The molecule has 44 heavy (non-hydrogen) atoms. The van der Waals surface area contributed by atoms with Gasteiger partial charge in [-0.2, -0.15) is 0 Å². The summed E-state index contributed by atoms with van der Waals surface area (Å²) in [5, 5.41) is 1.12. The number of carbonyl (C=O) groups is 1. The molecule has 1 fully saturated rings. The molecule has 2 heterocycles. The minimum absolute atomic E-state index is 0.0630. The Kier molecular flexibility index (Phi) is 8.49. The first-order valence-electron chi connectivity index (χ1n) is 15.3. The lowest BCUT2D eigenvalue weighted by molar-refractivity contribution is -0.133. The van der Waals surface area contributed by atoms with Gasteiger partial charge in [0.15, 0.2) is 0 Å². The van der Waals surface area contributed by atoms with Gasteiger partial charge in [-0.25, -0.2) is 9.37 Å². The van der Waals surface area contributed by atoms with Gasteiger partial charge in [-0.1, -0.05) is 60.7 Å². The van der Waals surface area contributed by atoms with Crippen molar-refractivity contribution in [3.8, 4) is 0 Å². The monoisotopic (exact) mass is 590 g/mol. The number of amides is 1. The Morgan fingerprint density at radius 1 is 1.07 bits per heavy atom. The van der Waals surface area contributed by atoms with Crippen molar-refractivity contribution in [1.29, 1.82) is 0 Å². The number of rotatable bonds is 9. The summed E-state index contributed by atoms with van der Waals surface area (Å²) in [6, 6.07) is 24.5. The van der Waals surface area contributed by atoms with Crippen molar-refractivity contribution in [3.63, 3.8) is 0 Å². The Morgan fingerprint density at radius 3 is 2.52 bits per heavy atom. The predicted molar refractivity (Wildman–Crippen MR) is 172 cm³/mol. The summed E-state index contributed by atoms with van der Waals surface area (Å²) < 4.78 is 20.5. The van der Waals surface area contributed by atoms with Crippen molar-refractivity contribution in [2.45, 2.75) is 56.7 Å². The Morgan fingerprint density at radius 2 is 1.82 bits per heavy atom. The first-order chi connectivity index (χ1) is 21.3. The van der Waals surface area contributed by atoms with Crippen LogP contribution in [0.2, 0.25) is 0 Å². The van der Waals surface area contributed by atoms with Crippen molar-refractivity contribution in [2.24, 2.45) is 0 Å². The summed E-state index contributed by atoms with van der Waals surface area (Å²) in [6.07, 6.45) is 10.9. The summed E-state index contributed by atoms with van der Waals surface area (Å²) in [6.45, 7) is 1.88. The summed E-state index contributed by atoms with van der Waals surface area (Å²) >= 11 is 0. The molecule has 7 heteroatoms. The number of nitrogens with zero attached hydrogens (tertiary/aromatic N) is 3. The first-order valence-corrected chi connectivity index (χ1v) is 15.3. The van der Waals surface area contributed by atoms with Crippen molar-refractivity contribution in [3.05, 3.63) is 131 Å². The van der Waals surface area contributed by atoms with Crippen LogP contribution in [0.5, 0.6) is 0 Å². The van der Waals surface area contributed by atoms with Gasteiger partial charge in [-0.05, 0) is 87.7 Å². The number of hydrogen-bond donors (Lipinski definition) is 1. The Hall–Kier alpha value is -4.49. The molecule has 1 atom stereocenters. The van der Waals surface area contributed by atoms with Crippen molar-refractivity contribution >= 4 is 22.9 Å². The van der Waals surface area contributed by atoms with Crippen LogP contribution in [0.4, 0.5) is 4.39 Å². The van der Waals surface area contributed by atoms with Crippen molar-refractivity contribution in [1.82, 2.24) is 19.8 Å². The molecule has 5 aromatic rings. The van der Waals surface area contributed by atoms with Crippen LogP contribution in [0.25, 0.3) is 17.0 Å². The molecule has 3 aromatic carbocycles. The number of para-hydroxylation sites is 1. The van der Waals surface area contributed by atoms with Gasteiger partial charge >= 0.3 is 0 Å². The summed E-state index contributed by atoms with van der Waals surface area (Å²) in [5.41, 5.74) is 3.77. The summed E-state index contributed by atoms with van der Waals surface area (Å²) in [5.74, 6) is 0.927. The van der Waals surface area contributed by atoms with E-state index in [9.17, 15) is 9.18 Å². The Labute approximate surface area is 258 Å². The zero-order chi connectivity index (χ0) is 30.7. The number of fused-ring (bicyclic) bond motifs is 1. The molecular formula is C37H39FN4O2. The minimum atomic E-state index is -0.415. The van der Waals surface area contributed by atoms with E-state index in [0.29, 0.717) is 18.1 Å². The number of benzene rings is 3. The Bertz CT molecular complexity index is 1750. The van der Waals surface area contributed by atoms with Gasteiger partial charge in [0.2, 0.25) is 11.8 Å². The fraction of sp³-hybridized carbons (Fsp3) is 0.297. The van der Waals surface area contributed by atoms with Gasteiger partial charge in [-0.3, -0.25) is 9.69 Å². The molecule has 0 saturated heterocycles. The molecule has 0 bridgehead atoms. The van der Waals surface area contributed by atoms with Crippen LogP contribution in [0.1, 0.15) is 60.1 Å². The van der Waals surface area contributed by atoms with Gasteiger partial charge in [0, 0.05) is 41.2 Å². The average Bonchev–Trinajstić information content (AvgIpc) is 3.66. The predicted octanol–water partition coefficient (Wildman–Crippen LogP) is 7.83. The molecule has 1 aliphatic carbocycles. The lowest BCUT2D eigenvalue weighted by Crippen LogP contribution is -2.51. The highest BCUT2D eigenvalue weighted by Crippen LogP contribution is 2.44. The molecule has 0 spiro atoms. The zero-order valence-electron chi connectivity index (χ0n) is 25.5. The highest BCUT2D eigenvalue weighted by Gasteiger charge is 2.43. The molecule has 6 rings (SSSR count). The number of aromatic amines is 1. The van der Waals surface area contributed by atoms with E-state index in [4.69, 9.17) is 4.42 Å². The molecule has 0 radical (unpaired) electrons. The summed E-state index contributed by atoms with van der Waals surface area (Å²) in [7, 11) is 4.12. The lowest BCUT2D eigenvalue weighted by atomic mass is 9.73. The van der Waals surface area contributed by atoms with E-state index in [0.717, 1.165) is 53.3 Å². The number of hydrogen-bond acceptors (Lipinski definition) is 4. The number of halogens is 1. The van der Waals surface area contributed by atoms with Gasteiger partial charge in [0.1, 0.15) is 17.6 Å². The van der Waals surface area contributed by atoms with Crippen molar-refractivity contribution < 1.29 is 13.6 Å². The fourth-order valence-electron chi connectivity index (χ4n) is 6.88. The van der Waals surface area contributed by atoms with E-state index < -0.39 is 6.04 Å². The van der Waals surface area contributed by atoms with Crippen LogP contribution < -0.4 is 0 Å². The highest BCUT2D eigenvalue weighted by molar-refractivity contribution is 5.92. The standard InChI is InChI=1S/C37H39FN4O2/c1-26-24-40-36(44-26)34(22-28-25-39-33-15-8-7-14-32(28)33)42(35(43)17-16-27-10-5-4-6-11-27)31-18-20-37(21-19-31,41(2)3)29-12-9-13-30(38)23-29/h4-17,23-25,31,34,39H,18-22H2,1-3H3. The third kappa shape index (κ3) is 5.97. The smallest absolute Gasteiger partial charge is 0.247 e. The normalized spacial score (nSPS) is 19.5. The maximum Gasteiger partial charge on any atom is 0.247 e. The lowest BCUT2D eigenvalue weighted by Gasteiger charge is -2.48. The van der Waals surface area contributed by atoms with E-state index in [2.05, 4.69) is 41.1 Å². The third-order valence-electron chi connectivity index (χ3n) is 9.21. The van der Waals surface area contributed by atoms with Gasteiger partial charge in [0.25, 0.3) is 0 Å². The van der Waals surface area contributed by atoms with Gasteiger partial charge < -0.3 is 14.3 Å². The van der Waals surface area contributed by atoms with Crippen LogP contribution in [-0.2, 0) is 16.8 Å². The number of nitrogens with one attached hydrogen (secondary N) is 1. The highest BCUT2D eigenvalue weighted by atomic mass is 19.1. The number of carbonyl (C=O) groups excluding carboxylic acids is 1. The number of oxazole rings is 1. The largest absolute Gasteiger partial charge is 0.444 e. The van der Waals surface area contributed by atoms with Crippen LogP contribution >= 0.6 is 0 Å². The first kappa shape index (κ1) is 29.6. The SMILES string of the molecule is Cc1cnc(C(Cc2c[nH]c3ccccc23)N(C(=O)C=Cc2ccccc2)C2CCC(c3cccc(F)c3)(N(C)C)CC2)o1. The van der Waals surface area contributed by atoms with Crippen molar-refractivity contribution in [2.75, 3.05) is 14.1 Å². The molecule has 1 aliphatic rings. The summed E-state index contributed by atoms with van der Waals surface area (Å²) in [4.78, 5) is 26.6. The molecule has 1 amide bonds. The van der Waals surface area contributed by atoms with Gasteiger partial charge in [0.05, 0.1) is 6.20 Å². The van der Waals surface area contributed by atoms with E-state index in [-0.39, 0.29) is 23.3 Å². The molecule has 1 N–H and O–H groups in total. The average molecular weight is 591 g/mol. The third-order valence-corrected chi connectivity index (χ3v) is 9.21. The second kappa shape index (κ2) is 12.6. The van der Waals surface area contributed by atoms with E-state index in [1.165, 1.54) is 6.07 Å². The number of aromatic nitrogens is 2. The second-order valence-electron chi connectivity index (χ2n) is 12.0. The molecule has 226 valence electrons. The minimum Gasteiger partial charge on any atom is -0.444 e. The number of H-pyrrole nitrogens is 1. The molecule has 1 saturated carbocycles. The topological polar surface area (TPSA) is 65.4 Å². The molecule has 1 unspecified atom stereocenters.